The van der Waals surface area contributed by atoms with Gasteiger partial charge in [0.15, 0.2) is 5.79 Å². The van der Waals surface area contributed by atoms with E-state index in [1.165, 1.54) is 5.56 Å². The molecule has 0 atom stereocenters. The molecule has 1 aromatic rings. The van der Waals surface area contributed by atoms with Gasteiger partial charge in [-0.2, -0.15) is 0 Å². The average molecular weight is 235 g/mol. The zero-order chi connectivity index (χ0) is 11.7. The predicted octanol–water partition coefficient (Wildman–Crippen LogP) is 1.78. The Morgan fingerprint density at radius 1 is 1.18 bits per heavy atom. The van der Waals surface area contributed by atoms with E-state index in [2.05, 4.69) is 4.98 Å². The molecule has 0 bridgehead atoms. The molecular formula is C13H17NO3. The minimum Gasteiger partial charge on any atom is -0.348 e. The van der Waals surface area contributed by atoms with Gasteiger partial charge in [0.25, 0.3) is 0 Å². The van der Waals surface area contributed by atoms with Crippen molar-refractivity contribution in [2.75, 3.05) is 13.2 Å². The lowest BCUT2D eigenvalue weighted by atomic mass is 9.81. The Morgan fingerprint density at radius 3 is 2.47 bits per heavy atom. The summed E-state index contributed by atoms with van der Waals surface area (Å²) in [6, 6.07) is 3.53. The number of aromatic nitrogens is 1. The molecule has 92 valence electrons. The first-order chi connectivity index (χ1) is 8.27. The molecule has 0 unspecified atom stereocenters. The van der Waals surface area contributed by atoms with E-state index in [1.54, 1.807) is 6.07 Å². The molecule has 1 aliphatic heterocycles. The van der Waals surface area contributed by atoms with Gasteiger partial charge < -0.3 is 14.5 Å². The molecule has 4 heteroatoms. The molecule has 1 N–H and O–H groups in total. The highest BCUT2D eigenvalue weighted by Gasteiger charge is 2.40. The van der Waals surface area contributed by atoms with E-state index in [-0.39, 0.29) is 11.3 Å². The zero-order valence-electron chi connectivity index (χ0n) is 9.78. The Labute approximate surface area is 99.9 Å². The van der Waals surface area contributed by atoms with Crippen molar-refractivity contribution in [3.63, 3.8) is 0 Å². The molecular weight excluding hydrogens is 218 g/mol. The molecule has 3 rings (SSSR count). The van der Waals surface area contributed by atoms with Crippen molar-refractivity contribution in [1.82, 2.24) is 4.98 Å². The van der Waals surface area contributed by atoms with Gasteiger partial charge in [0.1, 0.15) is 0 Å². The molecule has 1 aromatic heterocycles. The number of ether oxygens (including phenoxy) is 2. The van der Waals surface area contributed by atoms with E-state index in [4.69, 9.17) is 9.47 Å². The van der Waals surface area contributed by atoms with Gasteiger partial charge in [-0.25, -0.2) is 0 Å². The van der Waals surface area contributed by atoms with Gasteiger partial charge >= 0.3 is 0 Å². The number of hydrogen-bond acceptors (Lipinski definition) is 3. The summed E-state index contributed by atoms with van der Waals surface area (Å²) in [6.07, 6.45) is 5.87. The fourth-order valence-corrected chi connectivity index (χ4v) is 2.85. The van der Waals surface area contributed by atoms with Gasteiger partial charge in [0.05, 0.1) is 13.2 Å². The third kappa shape index (κ3) is 2.15. The van der Waals surface area contributed by atoms with Crippen LogP contribution in [0.5, 0.6) is 0 Å². The summed E-state index contributed by atoms with van der Waals surface area (Å²) >= 11 is 0. The number of H-pyrrole nitrogens is 1. The average Bonchev–Trinajstić information content (AvgIpc) is 2.80. The number of aromatic amines is 1. The Hall–Kier alpha value is -1.13. The Balaban J connectivity index is 1.68. The molecule has 2 heterocycles. The number of hydrogen-bond donors (Lipinski definition) is 1. The molecule has 2 fully saturated rings. The van der Waals surface area contributed by atoms with E-state index >= 15 is 0 Å². The van der Waals surface area contributed by atoms with Crippen LogP contribution >= 0.6 is 0 Å². The summed E-state index contributed by atoms with van der Waals surface area (Å²) in [5.74, 6) is 0.226. The van der Waals surface area contributed by atoms with Crippen molar-refractivity contribution >= 4 is 0 Å². The van der Waals surface area contributed by atoms with E-state index < -0.39 is 0 Å². The summed E-state index contributed by atoms with van der Waals surface area (Å²) in [7, 11) is 0. The normalized spacial score (nSPS) is 24.2. The molecule has 1 aliphatic carbocycles. The molecule has 0 amide bonds. The van der Waals surface area contributed by atoms with E-state index in [1.807, 2.05) is 12.3 Å². The Kier molecular flexibility index (Phi) is 2.76. The SMILES string of the molecule is O=c1ccc(C2CCC3(CC2)OCCO3)c[nH]1. The largest absolute Gasteiger partial charge is 0.348 e. The standard InChI is InChI=1S/C13H17NO3/c15-12-2-1-11(9-14-12)10-3-5-13(6-4-10)16-7-8-17-13/h1-2,9-10H,3-8H2,(H,14,15). The summed E-state index contributed by atoms with van der Waals surface area (Å²) in [4.78, 5) is 13.8. The smallest absolute Gasteiger partial charge is 0.247 e. The highest BCUT2D eigenvalue weighted by Crippen LogP contribution is 2.41. The minimum atomic E-state index is -0.293. The lowest BCUT2D eigenvalue weighted by Crippen LogP contribution is -2.34. The topological polar surface area (TPSA) is 51.3 Å². The van der Waals surface area contributed by atoms with Crippen LogP contribution in [0.2, 0.25) is 0 Å². The van der Waals surface area contributed by atoms with Crippen LogP contribution in [0.1, 0.15) is 37.2 Å². The van der Waals surface area contributed by atoms with Crippen molar-refractivity contribution in [2.24, 2.45) is 0 Å². The second-order valence-electron chi connectivity index (χ2n) is 4.87. The van der Waals surface area contributed by atoms with Crippen LogP contribution in [0, 0.1) is 0 Å². The Bertz CT molecular complexity index is 418. The second kappa shape index (κ2) is 4.27. The number of pyridine rings is 1. The van der Waals surface area contributed by atoms with Crippen LogP contribution in [0.3, 0.4) is 0 Å². The van der Waals surface area contributed by atoms with E-state index in [9.17, 15) is 4.79 Å². The third-order valence-corrected chi connectivity index (χ3v) is 3.84. The molecule has 0 aromatic carbocycles. The van der Waals surface area contributed by atoms with Crippen LogP contribution in [-0.2, 0) is 9.47 Å². The fourth-order valence-electron chi connectivity index (χ4n) is 2.85. The maximum atomic E-state index is 11.0. The van der Waals surface area contributed by atoms with Crippen molar-refractivity contribution in [3.05, 3.63) is 34.2 Å². The molecule has 2 aliphatic rings. The molecule has 0 radical (unpaired) electrons. The summed E-state index contributed by atoms with van der Waals surface area (Å²) in [5, 5.41) is 0. The lowest BCUT2D eigenvalue weighted by Gasteiger charge is -2.35. The maximum Gasteiger partial charge on any atom is 0.247 e. The first-order valence-electron chi connectivity index (χ1n) is 6.24. The van der Waals surface area contributed by atoms with Crippen LogP contribution in [0.25, 0.3) is 0 Å². The zero-order valence-corrected chi connectivity index (χ0v) is 9.78. The predicted molar refractivity (Wildman–Crippen MR) is 62.9 cm³/mol. The lowest BCUT2D eigenvalue weighted by molar-refractivity contribution is -0.178. The van der Waals surface area contributed by atoms with Gasteiger partial charge in [-0.05, 0) is 24.3 Å². The van der Waals surface area contributed by atoms with Gasteiger partial charge in [0, 0.05) is 25.1 Å². The van der Waals surface area contributed by atoms with Crippen LogP contribution in [-0.4, -0.2) is 24.0 Å². The van der Waals surface area contributed by atoms with Gasteiger partial charge in [-0.1, -0.05) is 6.07 Å². The number of nitrogens with one attached hydrogen (secondary N) is 1. The van der Waals surface area contributed by atoms with Crippen molar-refractivity contribution in [1.29, 1.82) is 0 Å². The van der Waals surface area contributed by atoms with E-state index in [0.717, 1.165) is 38.9 Å². The molecule has 1 saturated heterocycles. The minimum absolute atomic E-state index is 0.0384. The van der Waals surface area contributed by atoms with Crippen molar-refractivity contribution in [2.45, 2.75) is 37.4 Å². The fraction of sp³-hybridized carbons (Fsp3) is 0.615. The monoisotopic (exact) mass is 235 g/mol. The van der Waals surface area contributed by atoms with Crippen molar-refractivity contribution < 1.29 is 9.47 Å². The molecule has 1 saturated carbocycles. The summed E-state index contributed by atoms with van der Waals surface area (Å²) in [5.41, 5.74) is 1.18. The van der Waals surface area contributed by atoms with Gasteiger partial charge in [0.2, 0.25) is 5.56 Å². The third-order valence-electron chi connectivity index (χ3n) is 3.84. The maximum absolute atomic E-state index is 11.0. The number of rotatable bonds is 1. The summed E-state index contributed by atoms with van der Waals surface area (Å²) in [6.45, 7) is 1.45. The first kappa shape index (κ1) is 11.0. The van der Waals surface area contributed by atoms with Crippen molar-refractivity contribution in [3.8, 4) is 0 Å². The van der Waals surface area contributed by atoms with Crippen LogP contribution < -0.4 is 5.56 Å². The van der Waals surface area contributed by atoms with Crippen LogP contribution in [0.4, 0.5) is 0 Å². The van der Waals surface area contributed by atoms with Gasteiger partial charge in [-0.15, -0.1) is 0 Å². The highest BCUT2D eigenvalue weighted by atomic mass is 16.7. The molecule has 1 spiro atoms. The van der Waals surface area contributed by atoms with E-state index in [0.29, 0.717) is 5.92 Å². The quantitative estimate of drug-likeness (QED) is 0.807. The van der Waals surface area contributed by atoms with Gasteiger partial charge in [-0.3, -0.25) is 4.79 Å². The summed E-state index contributed by atoms with van der Waals surface area (Å²) < 4.78 is 11.4. The first-order valence-corrected chi connectivity index (χ1v) is 6.24. The molecule has 4 nitrogen and oxygen atoms in total. The highest BCUT2D eigenvalue weighted by molar-refractivity contribution is 5.15. The second-order valence-corrected chi connectivity index (χ2v) is 4.87. The van der Waals surface area contributed by atoms with Crippen LogP contribution in [0.15, 0.2) is 23.1 Å². The molecule has 17 heavy (non-hydrogen) atoms. The Morgan fingerprint density at radius 2 is 1.88 bits per heavy atom.